The van der Waals surface area contributed by atoms with Gasteiger partial charge in [0.15, 0.2) is 12.2 Å². The number of nitrogens with two attached hydrogens (primary N) is 1. The number of nitrogens with zero attached hydrogens (tertiary/aromatic N) is 7. The zero-order valence-electron chi connectivity index (χ0n) is 49.4. The first-order valence-corrected chi connectivity index (χ1v) is 30.9. The zero-order chi connectivity index (χ0) is 65.6. The first-order chi connectivity index (χ1) is 40.0. The van der Waals surface area contributed by atoms with E-state index in [4.69, 9.17) is 87.9 Å². The molecular formula is C55H73Cl5F3N10O12P. The molecule has 4 atom stereocenters. The van der Waals surface area contributed by atoms with Gasteiger partial charge in [-0.25, -0.2) is 14.2 Å². The number of hydrogen-bond acceptors (Lipinski definition) is 16. The summed E-state index contributed by atoms with van der Waals surface area (Å²) in [4.78, 5) is 93.7. The van der Waals surface area contributed by atoms with Gasteiger partial charge >= 0.3 is 23.8 Å². The Balaban J connectivity index is 0.000000378. The zero-order valence-corrected chi connectivity index (χ0v) is 54.1. The lowest BCUT2D eigenvalue weighted by atomic mass is 10.0. The molecule has 1 aliphatic rings. The lowest BCUT2D eigenvalue weighted by Gasteiger charge is -2.35. The quantitative estimate of drug-likeness (QED) is 0.0310. The van der Waals surface area contributed by atoms with E-state index >= 15 is 0 Å². The van der Waals surface area contributed by atoms with Gasteiger partial charge in [-0.2, -0.15) is 28.1 Å². The van der Waals surface area contributed by atoms with Crippen LogP contribution in [0.25, 0.3) is 5.69 Å². The van der Waals surface area contributed by atoms with Crippen molar-refractivity contribution in [3.05, 3.63) is 120 Å². The summed E-state index contributed by atoms with van der Waals surface area (Å²) in [6, 6.07) is 16.5. The molecule has 31 heteroatoms. The Morgan fingerprint density at radius 2 is 1.59 bits per heavy atom. The smallest absolute Gasteiger partial charge is 0.431 e. The van der Waals surface area contributed by atoms with Gasteiger partial charge in [-0.3, -0.25) is 28.3 Å². The summed E-state index contributed by atoms with van der Waals surface area (Å²) in [6.07, 6.45) is -4.43. The second kappa shape index (κ2) is 35.7. The first-order valence-electron chi connectivity index (χ1n) is 26.4. The number of benzene rings is 3. The average Bonchev–Trinajstić information content (AvgIpc) is 0.971. The minimum Gasteiger partial charge on any atom is -0.489 e. The van der Waals surface area contributed by atoms with E-state index in [1.165, 1.54) is 18.8 Å². The molecule has 0 spiro atoms. The molecule has 3 aromatic carbocycles. The monoisotopic (exact) mass is 1330 g/mol. The van der Waals surface area contributed by atoms with Crippen molar-refractivity contribution in [1.82, 2.24) is 24.1 Å². The van der Waals surface area contributed by atoms with Crippen LogP contribution < -0.4 is 42.2 Å². The molecule has 4 unspecified atom stereocenters. The van der Waals surface area contributed by atoms with Gasteiger partial charge in [-0.05, 0) is 121 Å². The van der Waals surface area contributed by atoms with Gasteiger partial charge in [-0.15, -0.1) is 11.6 Å². The number of aliphatic carboxylic acids is 1. The molecule has 6 N–H and O–H groups in total. The van der Waals surface area contributed by atoms with Crippen LogP contribution in [0.15, 0.2) is 76.3 Å². The van der Waals surface area contributed by atoms with E-state index in [0.29, 0.717) is 46.1 Å². The number of aromatic nitrogens is 5. The third kappa shape index (κ3) is 23.9. The van der Waals surface area contributed by atoms with Crippen LogP contribution in [0.5, 0.6) is 5.75 Å². The minimum atomic E-state index is -4.86. The number of para-hydroxylation sites is 3. The Morgan fingerprint density at radius 1 is 0.965 bits per heavy atom. The second-order valence-corrected chi connectivity index (χ2v) is 24.2. The van der Waals surface area contributed by atoms with Crippen LogP contribution in [0.3, 0.4) is 0 Å². The van der Waals surface area contributed by atoms with Crippen LogP contribution in [0.4, 0.5) is 36.4 Å². The molecule has 2 amide bonds. The SMILES string of the molecule is CC(C)OC(=O)c1cc(-n2c(=O)cc(C(F)(F)F)n(C)c2=O)ccc1Cl.CC1COc2ccccc2N1C(=O)C(Cl)Cl.CCNc1nc(Cl)nc(NC(C)C)n1.CCc1cccc(C)c1N(C(=O)CCl)C(C)COC.CP(=O)(O)CCC(N)C(=O)O. The van der Waals surface area contributed by atoms with Crippen molar-refractivity contribution < 1.29 is 61.1 Å². The number of nitrogens with one attached hydrogen (secondary N) is 2. The third-order valence-corrected chi connectivity index (χ3v) is 13.7. The van der Waals surface area contributed by atoms with E-state index in [9.17, 15) is 46.5 Å². The summed E-state index contributed by atoms with van der Waals surface area (Å²) >= 11 is 28.7. The molecule has 6 rings (SSSR count). The molecule has 0 saturated carbocycles. The number of fused-ring (bicyclic) bond motifs is 1. The Hall–Kier alpha value is -6.02. The molecule has 476 valence electrons. The molecule has 5 aromatic rings. The molecule has 0 saturated heterocycles. The Bertz CT molecular complexity index is 3250. The first kappa shape index (κ1) is 76.1. The van der Waals surface area contributed by atoms with Crippen molar-refractivity contribution in [2.75, 3.05) is 66.0 Å². The Labute approximate surface area is 521 Å². The number of ether oxygens (including phenoxy) is 3. The minimum absolute atomic E-state index is 0.0104. The topological polar surface area (TPSA) is 293 Å². The van der Waals surface area contributed by atoms with E-state index in [0.717, 1.165) is 48.6 Å². The van der Waals surface area contributed by atoms with Crippen LogP contribution >= 0.6 is 65.4 Å². The highest BCUT2D eigenvalue weighted by atomic mass is 35.5. The number of esters is 1. The van der Waals surface area contributed by atoms with Gasteiger partial charge in [0.05, 0.1) is 52.4 Å². The molecule has 1 aliphatic heterocycles. The summed E-state index contributed by atoms with van der Waals surface area (Å²) in [5, 5.41) is 14.5. The highest BCUT2D eigenvalue weighted by molar-refractivity contribution is 7.57. The molecule has 0 fully saturated rings. The normalized spacial score (nSPS) is 13.9. The number of carboxylic acid groups (broad SMARTS) is 1. The number of carbonyl (C=O) groups excluding carboxylic acids is 3. The largest absolute Gasteiger partial charge is 0.489 e. The molecule has 0 aliphatic carbocycles. The number of carbonyl (C=O) groups is 4. The van der Waals surface area contributed by atoms with E-state index in [1.54, 1.807) is 30.8 Å². The Morgan fingerprint density at radius 3 is 2.13 bits per heavy atom. The van der Waals surface area contributed by atoms with E-state index < -0.39 is 59.4 Å². The summed E-state index contributed by atoms with van der Waals surface area (Å²) in [5.41, 5.74) is 5.02. The van der Waals surface area contributed by atoms with Crippen LogP contribution in [0.1, 0.15) is 89.0 Å². The molecule has 22 nitrogen and oxygen atoms in total. The van der Waals surface area contributed by atoms with Gasteiger partial charge in [0.2, 0.25) is 23.1 Å². The van der Waals surface area contributed by atoms with E-state index in [2.05, 4.69) is 38.6 Å². The maximum Gasteiger partial charge on any atom is 0.431 e. The molecule has 0 radical (unpaired) electrons. The van der Waals surface area contributed by atoms with Gasteiger partial charge in [0, 0.05) is 45.6 Å². The van der Waals surface area contributed by atoms with Crippen molar-refractivity contribution in [1.29, 1.82) is 0 Å². The summed E-state index contributed by atoms with van der Waals surface area (Å²) < 4.78 is 65.9. The molecule has 86 heavy (non-hydrogen) atoms. The van der Waals surface area contributed by atoms with Gasteiger partial charge in [0.25, 0.3) is 11.5 Å². The fraction of sp³-hybridized carbons (Fsp3) is 0.473. The fourth-order valence-corrected chi connectivity index (χ4v) is 9.15. The lowest BCUT2D eigenvalue weighted by Crippen LogP contribution is -2.47. The highest BCUT2D eigenvalue weighted by Crippen LogP contribution is 2.36. The van der Waals surface area contributed by atoms with Crippen LogP contribution in [-0.4, -0.2) is 139 Å². The Kier molecular flexibility index (Phi) is 31.6. The van der Waals surface area contributed by atoms with E-state index in [1.807, 2.05) is 77.9 Å². The van der Waals surface area contributed by atoms with Crippen LogP contribution in [-0.2, 0) is 48.1 Å². The highest BCUT2D eigenvalue weighted by Gasteiger charge is 2.36. The summed E-state index contributed by atoms with van der Waals surface area (Å²) in [5.74, 6) is -0.677. The number of anilines is 4. The number of amides is 2. The molecular weight excluding hydrogens is 1260 g/mol. The standard InChI is InChI=1S/C16H14ClF3N2O4.C15H22ClNO2.C11H11Cl2NO2.C8H14ClN5.C5H12NO4P/c1-8(2)26-14(24)10-6-9(4-5-11(10)17)22-13(23)7-12(16(18,19)20)21(3)15(22)25;1-5-13-8-6-7-11(2)15(13)17(14(18)9-16)12(3)10-19-4;1-7-6-16-9-5-3-2-4-8(9)14(7)11(15)10(12)13;1-4-10-7-12-6(9)13-8(14-7)11-5(2)3;1-11(9,10)3-2-4(6)5(7)8/h4-8H,1-3H3;6-8,12H,5,9-10H2,1-4H3;2-5,7,10H,6H2,1H3;5H,4H2,1-3H3,(H2,10,11,12,13,14);4H,2-3,6H2,1H3,(H,7,8)(H,9,10). The number of carboxylic acids is 1. The van der Waals surface area contributed by atoms with Gasteiger partial charge in [0.1, 0.15) is 30.0 Å². The van der Waals surface area contributed by atoms with Gasteiger partial charge in [-0.1, -0.05) is 72.1 Å². The molecule has 2 aromatic heterocycles. The van der Waals surface area contributed by atoms with Gasteiger partial charge < -0.3 is 50.4 Å². The predicted molar refractivity (Wildman–Crippen MR) is 331 cm³/mol. The number of alkyl halides is 6. The second-order valence-electron chi connectivity index (χ2n) is 19.5. The number of aryl methyl sites for hydroxylation is 2. The summed E-state index contributed by atoms with van der Waals surface area (Å²) in [7, 11) is -0.571. The maximum atomic E-state index is 12.9. The van der Waals surface area contributed by atoms with Crippen LogP contribution in [0.2, 0.25) is 10.3 Å². The number of rotatable bonds is 18. The number of methoxy groups -OCH3 is 1. The van der Waals surface area contributed by atoms with Crippen LogP contribution in [0, 0.1) is 6.92 Å². The lowest BCUT2D eigenvalue weighted by molar-refractivity contribution is -0.144. The van der Waals surface area contributed by atoms with Crippen molar-refractivity contribution in [2.24, 2.45) is 12.8 Å². The number of halogens is 8. The van der Waals surface area contributed by atoms with Crippen molar-refractivity contribution in [3.63, 3.8) is 0 Å². The van der Waals surface area contributed by atoms with Crippen molar-refractivity contribution in [3.8, 4) is 11.4 Å². The summed E-state index contributed by atoms with van der Waals surface area (Å²) in [6.45, 7) is 20.0. The molecule has 0 bridgehead atoms. The molecule has 3 heterocycles. The van der Waals surface area contributed by atoms with Crippen molar-refractivity contribution in [2.45, 2.75) is 116 Å². The average molecular weight is 1330 g/mol. The maximum absolute atomic E-state index is 12.9. The van der Waals surface area contributed by atoms with Crippen molar-refractivity contribution >= 4 is 112 Å². The third-order valence-electron chi connectivity index (χ3n) is 11.6. The predicted octanol–water partition coefficient (Wildman–Crippen LogP) is 10.0. The fourth-order valence-electron chi connectivity index (χ4n) is 7.70. The number of hydrogen-bond donors (Lipinski definition) is 5. The van der Waals surface area contributed by atoms with E-state index in [-0.39, 0.29) is 70.0 Å².